The minimum Gasteiger partial charge on any atom is -0.251 e. The molecule has 1 rings (SSSR count). The maximum absolute atomic E-state index is 12.2. The molecule has 0 saturated heterocycles. The Morgan fingerprint density at radius 3 is 2.47 bits per heavy atom. The maximum atomic E-state index is 12.2. The van der Waals surface area contributed by atoms with Gasteiger partial charge in [0.25, 0.3) is 0 Å². The topological polar surface area (TPSA) is 12.9 Å². The van der Waals surface area contributed by atoms with Crippen molar-refractivity contribution < 1.29 is 13.2 Å². The number of pyridine rings is 1. The fourth-order valence-corrected chi connectivity index (χ4v) is 1.23. The average molecular weight is 213 g/mol. The third-order valence-electron chi connectivity index (χ3n) is 2.09. The van der Waals surface area contributed by atoms with Crippen molar-refractivity contribution >= 4 is 0 Å². The molecule has 0 aromatic carbocycles. The van der Waals surface area contributed by atoms with Crippen molar-refractivity contribution in [3.63, 3.8) is 0 Å². The quantitative estimate of drug-likeness (QED) is 0.687. The van der Waals surface area contributed by atoms with E-state index in [4.69, 9.17) is 6.42 Å². The van der Waals surface area contributed by atoms with Crippen molar-refractivity contribution in [1.82, 2.24) is 4.98 Å². The van der Waals surface area contributed by atoms with Gasteiger partial charge in [0.2, 0.25) is 0 Å². The highest BCUT2D eigenvalue weighted by Crippen LogP contribution is 2.28. The van der Waals surface area contributed by atoms with Crippen LogP contribution in [0.1, 0.15) is 30.5 Å². The van der Waals surface area contributed by atoms with Gasteiger partial charge in [-0.2, -0.15) is 13.2 Å². The van der Waals surface area contributed by atoms with E-state index in [2.05, 4.69) is 10.9 Å². The molecule has 1 heterocycles. The summed E-state index contributed by atoms with van der Waals surface area (Å²) in [6, 6.07) is 2.33. The van der Waals surface area contributed by atoms with Crippen LogP contribution in [-0.4, -0.2) is 4.98 Å². The number of terminal acetylenes is 1. The Balaban J connectivity index is 2.96. The molecule has 0 aliphatic carbocycles. The van der Waals surface area contributed by atoms with E-state index in [1.165, 1.54) is 12.3 Å². The number of nitrogens with zero attached hydrogens (tertiary/aromatic N) is 1. The van der Waals surface area contributed by atoms with Gasteiger partial charge in [-0.05, 0) is 18.1 Å². The fraction of sp³-hybridized carbons (Fsp3) is 0.364. The summed E-state index contributed by atoms with van der Waals surface area (Å²) in [6.45, 7) is 1.88. The Kier molecular flexibility index (Phi) is 3.35. The number of aromatic nitrogens is 1. The third-order valence-corrected chi connectivity index (χ3v) is 2.09. The fourth-order valence-electron chi connectivity index (χ4n) is 1.23. The molecule has 0 spiro atoms. The second-order valence-electron chi connectivity index (χ2n) is 3.10. The largest absolute Gasteiger partial charge is 0.433 e. The van der Waals surface area contributed by atoms with E-state index in [-0.39, 0.29) is 5.92 Å². The van der Waals surface area contributed by atoms with Crippen LogP contribution in [0.25, 0.3) is 0 Å². The zero-order valence-corrected chi connectivity index (χ0v) is 8.17. The molecule has 1 nitrogen and oxygen atoms in total. The molecule has 80 valence electrons. The van der Waals surface area contributed by atoms with Gasteiger partial charge in [0.05, 0.1) is 0 Å². The standard InChI is InChI=1S/C11H10F3N/c1-3-8(4-2)9-5-6-10(15-7-9)11(12,13)14/h1,5-8H,4H2,2H3/t8-/m0/s1. The summed E-state index contributed by atoms with van der Waals surface area (Å²) in [7, 11) is 0. The van der Waals surface area contributed by atoms with Crippen LogP contribution >= 0.6 is 0 Å². The maximum Gasteiger partial charge on any atom is 0.433 e. The molecule has 0 unspecified atom stereocenters. The van der Waals surface area contributed by atoms with E-state index in [0.717, 1.165) is 6.07 Å². The van der Waals surface area contributed by atoms with E-state index in [9.17, 15) is 13.2 Å². The summed E-state index contributed by atoms with van der Waals surface area (Å²) < 4.78 is 36.5. The van der Waals surface area contributed by atoms with Crippen molar-refractivity contribution in [1.29, 1.82) is 0 Å². The second kappa shape index (κ2) is 4.35. The smallest absolute Gasteiger partial charge is 0.251 e. The number of rotatable bonds is 2. The van der Waals surface area contributed by atoms with E-state index in [1.54, 1.807) is 0 Å². The summed E-state index contributed by atoms with van der Waals surface area (Å²) in [5.41, 5.74) is -0.244. The number of hydrogen-bond acceptors (Lipinski definition) is 1. The molecular formula is C11H10F3N. The van der Waals surface area contributed by atoms with E-state index in [0.29, 0.717) is 12.0 Å². The molecular weight excluding hydrogens is 203 g/mol. The third kappa shape index (κ3) is 2.72. The lowest BCUT2D eigenvalue weighted by Crippen LogP contribution is -2.08. The SMILES string of the molecule is C#C[C@@H](CC)c1ccc(C(F)(F)F)nc1. The van der Waals surface area contributed by atoms with E-state index < -0.39 is 11.9 Å². The number of halogens is 3. The van der Waals surface area contributed by atoms with Crippen molar-refractivity contribution in [3.8, 4) is 12.3 Å². The molecule has 1 atom stereocenters. The average Bonchev–Trinajstić information content (AvgIpc) is 2.19. The normalized spacial score (nSPS) is 13.3. The summed E-state index contributed by atoms with van der Waals surface area (Å²) >= 11 is 0. The molecule has 0 fully saturated rings. The molecule has 1 aromatic heterocycles. The van der Waals surface area contributed by atoms with Crippen LogP contribution in [0.4, 0.5) is 13.2 Å². The molecule has 15 heavy (non-hydrogen) atoms. The van der Waals surface area contributed by atoms with Crippen LogP contribution in [0.2, 0.25) is 0 Å². The Labute approximate surface area is 86.3 Å². The summed E-state index contributed by atoms with van der Waals surface area (Å²) in [6.07, 6.45) is 2.72. The van der Waals surface area contributed by atoms with Gasteiger partial charge in [-0.3, -0.25) is 4.98 Å². The monoisotopic (exact) mass is 213 g/mol. The second-order valence-corrected chi connectivity index (χ2v) is 3.10. The lowest BCUT2D eigenvalue weighted by molar-refractivity contribution is -0.141. The molecule has 0 radical (unpaired) electrons. The highest BCUT2D eigenvalue weighted by Gasteiger charge is 2.32. The van der Waals surface area contributed by atoms with Gasteiger partial charge in [0.15, 0.2) is 0 Å². The van der Waals surface area contributed by atoms with Crippen molar-refractivity contribution in [3.05, 3.63) is 29.6 Å². The predicted molar refractivity (Wildman–Crippen MR) is 51.1 cm³/mol. The zero-order valence-electron chi connectivity index (χ0n) is 8.17. The first-order valence-electron chi connectivity index (χ1n) is 4.48. The van der Waals surface area contributed by atoms with Crippen molar-refractivity contribution in [2.75, 3.05) is 0 Å². The zero-order chi connectivity index (χ0) is 11.5. The van der Waals surface area contributed by atoms with Crippen molar-refractivity contribution in [2.24, 2.45) is 0 Å². The Bertz CT molecular complexity index is 359. The Morgan fingerprint density at radius 2 is 2.13 bits per heavy atom. The molecule has 0 N–H and O–H groups in total. The molecule has 0 bridgehead atoms. The highest BCUT2D eigenvalue weighted by molar-refractivity contribution is 5.25. The summed E-state index contributed by atoms with van der Waals surface area (Å²) in [5, 5.41) is 0. The lowest BCUT2D eigenvalue weighted by atomic mass is 9.99. The number of hydrogen-bond donors (Lipinski definition) is 0. The van der Waals surface area contributed by atoms with Gasteiger partial charge in [0, 0.05) is 12.1 Å². The minimum atomic E-state index is -4.39. The van der Waals surface area contributed by atoms with Crippen LogP contribution < -0.4 is 0 Å². The number of alkyl halides is 3. The van der Waals surface area contributed by atoms with Gasteiger partial charge in [0.1, 0.15) is 5.69 Å². The van der Waals surface area contributed by atoms with Gasteiger partial charge in [-0.1, -0.05) is 18.9 Å². The lowest BCUT2D eigenvalue weighted by Gasteiger charge is -2.09. The van der Waals surface area contributed by atoms with Gasteiger partial charge in [-0.25, -0.2) is 0 Å². The van der Waals surface area contributed by atoms with Crippen LogP contribution in [0.3, 0.4) is 0 Å². The summed E-state index contributed by atoms with van der Waals surface area (Å²) in [4.78, 5) is 3.35. The van der Waals surface area contributed by atoms with Gasteiger partial charge >= 0.3 is 6.18 Å². The molecule has 0 amide bonds. The molecule has 0 aliphatic heterocycles. The molecule has 4 heteroatoms. The van der Waals surface area contributed by atoms with Crippen LogP contribution in [0.15, 0.2) is 18.3 Å². The van der Waals surface area contributed by atoms with Crippen LogP contribution in [-0.2, 0) is 6.18 Å². The van der Waals surface area contributed by atoms with E-state index in [1.807, 2.05) is 6.92 Å². The molecule has 0 aliphatic rings. The molecule has 1 aromatic rings. The Morgan fingerprint density at radius 1 is 1.47 bits per heavy atom. The first kappa shape index (κ1) is 11.6. The first-order valence-corrected chi connectivity index (χ1v) is 4.48. The summed E-state index contributed by atoms with van der Waals surface area (Å²) in [5.74, 6) is 2.34. The van der Waals surface area contributed by atoms with E-state index >= 15 is 0 Å². The first-order chi connectivity index (χ1) is 6.99. The Hall–Kier alpha value is -1.50. The minimum absolute atomic E-state index is 0.167. The highest BCUT2D eigenvalue weighted by atomic mass is 19.4. The van der Waals surface area contributed by atoms with Gasteiger partial charge in [-0.15, -0.1) is 6.42 Å². The van der Waals surface area contributed by atoms with Crippen LogP contribution in [0.5, 0.6) is 0 Å². The molecule has 0 saturated carbocycles. The van der Waals surface area contributed by atoms with Gasteiger partial charge < -0.3 is 0 Å². The van der Waals surface area contributed by atoms with Crippen molar-refractivity contribution in [2.45, 2.75) is 25.4 Å². The predicted octanol–water partition coefficient (Wildman–Crippen LogP) is 3.23. The van der Waals surface area contributed by atoms with Crippen LogP contribution in [0, 0.1) is 12.3 Å².